The molecule has 0 rings (SSSR count). The van der Waals surface area contributed by atoms with Crippen LogP contribution in [0, 0.1) is 0 Å². The molecule has 0 bridgehead atoms. The predicted molar refractivity (Wildman–Crippen MR) is 69.9 cm³/mol. The van der Waals surface area contributed by atoms with Gasteiger partial charge in [-0.15, -0.1) is 0 Å². The molecule has 0 aromatic heterocycles. The highest BCUT2D eigenvalue weighted by atomic mass is 127. The molecule has 0 unspecified atom stereocenters. The Morgan fingerprint density at radius 1 is 1.07 bits per heavy atom. The molecular formula is C11H22INO2. The SMILES string of the molecule is CCCCCCCCCCC(=O)N(O)I. The number of carbonyl (C=O) groups excluding carboxylic acids is 1. The number of hydroxylamine groups is 1. The Morgan fingerprint density at radius 2 is 1.53 bits per heavy atom. The topological polar surface area (TPSA) is 40.5 Å². The minimum absolute atomic E-state index is 0.193. The lowest BCUT2D eigenvalue weighted by molar-refractivity contribution is -0.141. The average Bonchev–Trinajstić information content (AvgIpc) is 2.21. The number of unbranched alkanes of at least 4 members (excludes halogenated alkanes) is 7. The van der Waals surface area contributed by atoms with E-state index >= 15 is 0 Å². The lowest BCUT2D eigenvalue weighted by atomic mass is 10.1. The number of hydrogen-bond acceptors (Lipinski definition) is 2. The number of hydrogen-bond donors (Lipinski definition) is 1. The molecule has 0 saturated carbocycles. The molecule has 0 aromatic rings. The van der Waals surface area contributed by atoms with Gasteiger partial charge in [-0.2, -0.15) is 3.28 Å². The Balaban J connectivity index is 3.08. The lowest BCUT2D eigenvalue weighted by Gasteiger charge is -2.05. The van der Waals surface area contributed by atoms with Crippen molar-refractivity contribution in [1.82, 2.24) is 3.28 Å². The number of rotatable bonds is 9. The van der Waals surface area contributed by atoms with Gasteiger partial charge in [-0.3, -0.25) is 10.0 Å². The molecule has 15 heavy (non-hydrogen) atoms. The van der Waals surface area contributed by atoms with Crippen LogP contribution in [0.4, 0.5) is 0 Å². The molecule has 0 radical (unpaired) electrons. The fourth-order valence-corrected chi connectivity index (χ4v) is 1.74. The Morgan fingerprint density at radius 3 is 2.00 bits per heavy atom. The maximum atomic E-state index is 11.0. The molecule has 0 aliphatic carbocycles. The van der Waals surface area contributed by atoms with Crippen LogP contribution >= 0.6 is 22.9 Å². The van der Waals surface area contributed by atoms with E-state index < -0.39 is 0 Å². The van der Waals surface area contributed by atoms with Crippen molar-refractivity contribution in [2.75, 3.05) is 0 Å². The maximum Gasteiger partial charge on any atom is 0.255 e. The van der Waals surface area contributed by atoms with E-state index in [4.69, 9.17) is 5.21 Å². The largest absolute Gasteiger partial charge is 0.276 e. The van der Waals surface area contributed by atoms with Crippen molar-refractivity contribution < 1.29 is 10.0 Å². The van der Waals surface area contributed by atoms with Gasteiger partial charge in [-0.1, -0.05) is 51.9 Å². The fraction of sp³-hybridized carbons (Fsp3) is 0.909. The van der Waals surface area contributed by atoms with E-state index in [2.05, 4.69) is 6.92 Å². The van der Waals surface area contributed by atoms with Gasteiger partial charge in [0.1, 0.15) is 0 Å². The summed E-state index contributed by atoms with van der Waals surface area (Å²) < 4.78 is 0.652. The molecule has 1 N–H and O–H groups in total. The van der Waals surface area contributed by atoms with Gasteiger partial charge in [0.15, 0.2) is 0 Å². The van der Waals surface area contributed by atoms with Crippen molar-refractivity contribution in [1.29, 1.82) is 0 Å². The molecule has 0 aromatic carbocycles. The van der Waals surface area contributed by atoms with Gasteiger partial charge in [-0.25, -0.2) is 0 Å². The Kier molecular flexibility index (Phi) is 10.8. The van der Waals surface area contributed by atoms with E-state index in [9.17, 15) is 4.79 Å². The standard InChI is InChI=1S/C11H22INO2/c1-2-3-4-5-6-7-8-9-10-11(14)13(12)15/h15H,2-10H2,1H3. The number of amides is 1. The third kappa shape index (κ3) is 10.4. The van der Waals surface area contributed by atoms with Gasteiger partial charge in [0.25, 0.3) is 5.91 Å². The van der Waals surface area contributed by atoms with Gasteiger partial charge in [-0.05, 0) is 6.42 Å². The minimum atomic E-state index is -0.193. The summed E-state index contributed by atoms with van der Waals surface area (Å²) in [6, 6.07) is 0. The Bertz CT molecular complexity index is 163. The molecule has 1 amide bonds. The van der Waals surface area contributed by atoms with Crippen LogP contribution in [-0.4, -0.2) is 14.4 Å². The number of carbonyl (C=O) groups is 1. The molecule has 4 heteroatoms. The molecule has 0 atom stereocenters. The summed E-state index contributed by atoms with van der Waals surface area (Å²) in [5, 5.41) is 8.79. The summed E-state index contributed by atoms with van der Waals surface area (Å²) in [5.41, 5.74) is 0. The normalized spacial score (nSPS) is 10.3. The van der Waals surface area contributed by atoms with Crippen molar-refractivity contribution >= 4 is 28.8 Å². The van der Waals surface area contributed by atoms with Gasteiger partial charge < -0.3 is 0 Å². The van der Waals surface area contributed by atoms with E-state index in [-0.39, 0.29) is 5.91 Å². The quantitative estimate of drug-likeness (QED) is 0.228. The summed E-state index contributed by atoms with van der Waals surface area (Å²) in [4.78, 5) is 11.0. The van der Waals surface area contributed by atoms with E-state index in [1.807, 2.05) is 0 Å². The first-order valence-corrected chi connectivity index (χ1v) is 6.82. The Hall–Kier alpha value is 0.160. The third-order valence-electron chi connectivity index (χ3n) is 2.45. The van der Waals surface area contributed by atoms with Crippen LogP contribution in [0.5, 0.6) is 0 Å². The minimum Gasteiger partial charge on any atom is -0.276 e. The monoisotopic (exact) mass is 327 g/mol. The fourth-order valence-electron chi connectivity index (χ4n) is 1.50. The van der Waals surface area contributed by atoms with Gasteiger partial charge in [0, 0.05) is 6.42 Å². The van der Waals surface area contributed by atoms with Crippen molar-refractivity contribution in [3.05, 3.63) is 0 Å². The third-order valence-corrected chi connectivity index (χ3v) is 2.99. The lowest BCUT2D eigenvalue weighted by Crippen LogP contribution is -2.15. The van der Waals surface area contributed by atoms with Crippen LogP contribution in [0.2, 0.25) is 0 Å². The maximum absolute atomic E-state index is 11.0. The van der Waals surface area contributed by atoms with Gasteiger partial charge >= 0.3 is 0 Å². The highest BCUT2D eigenvalue weighted by Gasteiger charge is 2.05. The summed E-state index contributed by atoms with van der Waals surface area (Å²) >= 11 is 1.59. The smallest absolute Gasteiger partial charge is 0.255 e. The molecule has 90 valence electrons. The second-order valence-corrected chi connectivity index (χ2v) is 4.79. The molecule has 0 heterocycles. The van der Waals surface area contributed by atoms with Crippen LogP contribution in [0.3, 0.4) is 0 Å². The first kappa shape index (κ1) is 15.2. The van der Waals surface area contributed by atoms with Crippen molar-refractivity contribution in [3.63, 3.8) is 0 Å². The van der Waals surface area contributed by atoms with Crippen LogP contribution in [0.15, 0.2) is 0 Å². The van der Waals surface area contributed by atoms with Crippen molar-refractivity contribution in [2.45, 2.75) is 64.7 Å². The number of nitrogens with zero attached hydrogens (tertiary/aromatic N) is 1. The van der Waals surface area contributed by atoms with Crippen LogP contribution in [0.1, 0.15) is 64.7 Å². The zero-order valence-corrected chi connectivity index (χ0v) is 11.7. The van der Waals surface area contributed by atoms with E-state index in [1.165, 1.54) is 38.5 Å². The molecule has 0 aliphatic heterocycles. The van der Waals surface area contributed by atoms with Crippen molar-refractivity contribution in [3.8, 4) is 0 Å². The van der Waals surface area contributed by atoms with E-state index in [0.717, 1.165) is 12.8 Å². The van der Waals surface area contributed by atoms with E-state index in [0.29, 0.717) is 9.70 Å². The molecule has 0 aliphatic rings. The van der Waals surface area contributed by atoms with E-state index in [1.54, 1.807) is 22.9 Å². The first-order valence-electron chi connectivity index (χ1n) is 5.86. The molecule has 0 saturated heterocycles. The number of halogens is 1. The second kappa shape index (κ2) is 10.7. The molecule has 3 nitrogen and oxygen atoms in total. The summed E-state index contributed by atoms with van der Waals surface area (Å²) in [6.45, 7) is 2.22. The van der Waals surface area contributed by atoms with Crippen LogP contribution in [0.25, 0.3) is 0 Å². The molecule has 0 fully saturated rings. The van der Waals surface area contributed by atoms with Gasteiger partial charge in [0.2, 0.25) is 0 Å². The van der Waals surface area contributed by atoms with Gasteiger partial charge in [0.05, 0.1) is 22.9 Å². The summed E-state index contributed by atoms with van der Waals surface area (Å²) in [6.07, 6.45) is 10.2. The Labute approximate surface area is 107 Å². The van der Waals surface area contributed by atoms with Crippen LogP contribution in [-0.2, 0) is 4.79 Å². The summed E-state index contributed by atoms with van der Waals surface area (Å²) in [7, 11) is 0. The van der Waals surface area contributed by atoms with Crippen molar-refractivity contribution in [2.24, 2.45) is 0 Å². The zero-order chi connectivity index (χ0) is 11.5. The highest BCUT2D eigenvalue weighted by molar-refractivity contribution is 14.1. The first-order chi connectivity index (χ1) is 7.18. The highest BCUT2D eigenvalue weighted by Crippen LogP contribution is 2.10. The average molecular weight is 327 g/mol. The predicted octanol–water partition coefficient (Wildman–Crippen LogP) is 4.09. The van der Waals surface area contributed by atoms with Crippen LogP contribution < -0.4 is 0 Å². The second-order valence-electron chi connectivity index (χ2n) is 3.88. The molecular weight excluding hydrogens is 305 g/mol. The molecule has 0 spiro atoms. The zero-order valence-electron chi connectivity index (χ0n) is 9.54. The summed E-state index contributed by atoms with van der Waals surface area (Å²) in [5.74, 6) is -0.193.